The van der Waals surface area contributed by atoms with Gasteiger partial charge in [-0.3, -0.25) is 5.10 Å². The first-order valence-corrected chi connectivity index (χ1v) is 5.12. The van der Waals surface area contributed by atoms with Gasteiger partial charge in [-0.1, -0.05) is 0 Å². The van der Waals surface area contributed by atoms with E-state index in [9.17, 15) is 0 Å². The fraction of sp³-hybridized carbons (Fsp3) is 0.182. The van der Waals surface area contributed by atoms with Crippen molar-refractivity contribution < 1.29 is 0 Å². The van der Waals surface area contributed by atoms with E-state index in [0.29, 0.717) is 11.5 Å². The molecule has 6 heteroatoms. The first kappa shape index (κ1) is 11.0. The summed E-state index contributed by atoms with van der Waals surface area (Å²) in [7, 11) is 0. The number of aromatic nitrogens is 3. The SMILES string of the molecule is CC(Nc1ccc(N)c(C#N)n1)c1cn[nH]c1. The molecule has 1 atom stereocenters. The normalized spacial score (nSPS) is 11.8. The van der Waals surface area contributed by atoms with Gasteiger partial charge in [0.1, 0.15) is 11.9 Å². The van der Waals surface area contributed by atoms with Crippen LogP contribution in [0.25, 0.3) is 0 Å². The summed E-state index contributed by atoms with van der Waals surface area (Å²) in [5, 5.41) is 18.6. The number of pyridine rings is 1. The van der Waals surface area contributed by atoms with Gasteiger partial charge in [0.15, 0.2) is 5.69 Å². The molecule has 0 amide bonds. The Morgan fingerprint density at radius 1 is 1.53 bits per heavy atom. The van der Waals surface area contributed by atoms with E-state index < -0.39 is 0 Å². The fourth-order valence-corrected chi connectivity index (χ4v) is 1.44. The molecule has 6 nitrogen and oxygen atoms in total. The van der Waals surface area contributed by atoms with E-state index in [1.165, 1.54) is 0 Å². The van der Waals surface area contributed by atoms with Crippen LogP contribution in [0.2, 0.25) is 0 Å². The number of H-pyrrole nitrogens is 1. The Labute approximate surface area is 98.5 Å². The van der Waals surface area contributed by atoms with Crippen LogP contribution in [0, 0.1) is 11.3 Å². The Bertz CT molecular complexity index is 540. The Kier molecular flexibility index (Phi) is 2.92. The van der Waals surface area contributed by atoms with E-state index in [1.807, 2.05) is 13.0 Å². The number of nitrogens with zero attached hydrogens (tertiary/aromatic N) is 3. The van der Waals surface area contributed by atoms with Crippen molar-refractivity contribution in [1.29, 1.82) is 5.26 Å². The van der Waals surface area contributed by atoms with Gasteiger partial charge in [-0.05, 0) is 19.1 Å². The molecule has 0 aliphatic carbocycles. The lowest BCUT2D eigenvalue weighted by molar-refractivity contribution is 0.875. The average molecular weight is 228 g/mol. The summed E-state index contributed by atoms with van der Waals surface area (Å²) in [5.74, 6) is 0.615. The third-order valence-electron chi connectivity index (χ3n) is 2.42. The zero-order chi connectivity index (χ0) is 12.3. The molecular weight excluding hydrogens is 216 g/mol. The second-order valence-electron chi connectivity index (χ2n) is 3.64. The third-order valence-corrected chi connectivity index (χ3v) is 2.42. The maximum atomic E-state index is 8.83. The van der Waals surface area contributed by atoms with Gasteiger partial charge in [0.05, 0.1) is 17.9 Å². The van der Waals surface area contributed by atoms with Gasteiger partial charge >= 0.3 is 0 Å². The summed E-state index contributed by atoms with van der Waals surface area (Å²) in [6.07, 6.45) is 3.54. The smallest absolute Gasteiger partial charge is 0.165 e. The lowest BCUT2D eigenvalue weighted by atomic mass is 10.2. The van der Waals surface area contributed by atoms with Crippen LogP contribution in [0.15, 0.2) is 24.5 Å². The predicted octanol–water partition coefficient (Wildman–Crippen LogP) is 1.43. The molecule has 0 spiro atoms. The Balaban J connectivity index is 2.17. The molecule has 4 N–H and O–H groups in total. The highest BCUT2D eigenvalue weighted by atomic mass is 15.1. The van der Waals surface area contributed by atoms with Crippen molar-refractivity contribution in [3.63, 3.8) is 0 Å². The average Bonchev–Trinajstić information content (AvgIpc) is 2.85. The van der Waals surface area contributed by atoms with Crippen molar-refractivity contribution in [1.82, 2.24) is 15.2 Å². The molecule has 2 aromatic rings. The zero-order valence-electron chi connectivity index (χ0n) is 9.31. The summed E-state index contributed by atoms with van der Waals surface area (Å²) >= 11 is 0. The van der Waals surface area contributed by atoms with Crippen molar-refractivity contribution in [3.8, 4) is 6.07 Å². The maximum Gasteiger partial charge on any atom is 0.165 e. The van der Waals surface area contributed by atoms with Gasteiger partial charge < -0.3 is 11.1 Å². The van der Waals surface area contributed by atoms with Gasteiger partial charge in [0.2, 0.25) is 0 Å². The van der Waals surface area contributed by atoms with E-state index in [4.69, 9.17) is 11.0 Å². The summed E-state index contributed by atoms with van der Waals surface area (Å²) in [6, 6.07) is 5.41. The van der Waals surface area contributed by atoms with Crippen LogP contribution < -0.4 is 11.1 Å². The number of nitriles is 1. The molecule has 0 radical (unpaired) electrons. The van der Waals surface area contributed by atoms with E-state index in [2.05, 4.69) is 20.5 Å². The predicted molar refractivity (Wildman–Crippen MR) is 64.0 cm³/mol. The van der Waals surface area contributed by atoms with E-state index in [-0.39, 0.29) is 11.7 Å². The van der Waals surface area contributed by atoms with Crippen molar-refractivity contribution >= 4 is 11.5 Å². The molecule has 0 aliphatic heterocycles. The maximum absolute atomic E-state index is 8.83. The van der Waals surface area contributed by atoms with Gasteiger partial charge in [0.25, 0.3) is 0 Å². The van der Waals surface area contributed by atoms with Crippen molar-refractivity contribution in [3.05, 3.63) is 35.8 Å². The van der Waals surface area contributed by atoms with Crippen LogP contribution in [0.5, 0.6) is 0 Å². The molecule has 0 saturated heterocycles. The number of nitrogen functional groups attached to an aromatic ring is 1. The Morgan fingerprint density at radius 3 is 3.00 bits per heavy atom. The molecule has 0 aromatic carbocycles. The quantitative estimate of drug-likeness (QED) is 0.737. The number of hydrogen-bond donors (Lipinski definition) is 3. The first-order chi connectivity index (χ1) is 8.20. The fourth-order valence-electron chi connectivity index (χ4n) is 1.44. The Hall–Kier alpha value is -2.55. The Morgan fingerprint density at radius 2 is 2.35 bits per heavy atom. The number of anilines is 2. The van der Waals surface area contributed by atoms with Crippen LogP contribution in [-0.2, 0) is 0 Å². The largest absolute Gasteiger partial charge is 0.396 e. The molecule has 0 saturated carbocycles. The highest BCUT2D eigenvalue weighted by molar-refractivity contribution is 5.54. The van der Waals surface area contributed by atoms with Crippen molar-refractivity contribution in [2.75, 3.05) is 11.1 Å². The number of nitrogens with two attached hydrogens (primary N) is 1. The molecule has 2 heterocycles. The number of hydrogen-bond acceptors (Lipinski definition) is 5. The molecule has 1 unspecified atom stereocenters. The van der Waals surface area contributed by atoms with Gasteiger partial charge in [-0.15, -0.1) is 0 Å². The number of rotatable bonds is 3. The second-order valence-corrected chi connectivity index (χ2v) is 3.64. The van der Waals surface area contributed by atoms with Crippen molar-refractivity contribution in [2.45, 2.75) is 13.0 Å². The molecular formula is C11H12N6. The zero-order valence-corrected chi connectivity index (χ0v) is 9.31. The molecule has 0 aliphatic rings. The monoisotopic (exact) mass is 228 g/mol. The van der Waals surface area contributed by atoms with Crippen LogP contribution in [0.3, 0.4) is 0 Å². The minimum Gasteiger partial charge on any atom is -0.396 e. The first-order valence-electron chi connectivity index (χ1n) is 5.12. The summed E-state index contributed by atoms with van der Waals surface area (Å²) in [6.45, 7) is 1.98. The summed E-state index contributed by atoms with van der Waals surface area (Å²) in [4.78, 5) is 4.11. The van der Waals surface area contributed by atoms with Gasteiger partial charge in [-0.2, -0.15) is 10.4 Å². The van der Waals surface area contributed by atoms with Crippen LogP contribution in [-0.4, -0.2) is 15.2 Å². The topological polar surface area (TPSA) is 103 Å². The minimum atomic E-state index is 0.0522. The van der Waals surface area contributed by atoms with E-state index in [1.54, 1.807) is 24.5 Å². The highest BCUT2D eigenvalue weighted by Gasteiger charge is 2.08. The third kappa shape index (κ3) is 2.34. The number of aromatic amines is 1. The van der Waals surface area contributed by atoms with Crippen LogP contribution in [0.4, 0.5) is 11.5 Å². The van der Waals surface area contributed by atoms with Gasteiger partial charge in [-0.25, -0.2) is 4.98 Å². The summed E-state index contributed by atoms with van der Waals surface area (Å²) in [5.41, 5.74) is 7.23. The minimum absolute atomic E-state index is 0.0522. The standard InChI is InChI=1S/C11H12N6/c1-7(8-5-14-15-6-8)16-11-3-2-9(13)10(4-12)17-11/h2-3,5-7H,13H2,1H3,(H,14,15)(H,16,17). The molecule has 0 fully saturated rings. The molecule has 17 heavy (non-hydrogen) atoms. The lowest BCUT2D eigenvalue weighted by Crippen LogP contribution is -2.08. The molecule has 0 bridgehead atoms. The van der Waals surface area contributed by atoms with Gasteiger partial charge in [0, 0.05) is 11.8 Å². The molecule has 2 aromatic heterocycles. The van der Waals surface area contributed by atoms with E-state index >= 15 is 0 Å². The lowest BCUT2D eigenvalue weighted by Gasteiger charge is -2.12. The van der Waals surface area contributed by atoms with Crippen molar-refractivity contribution in [2.24, 2.45) is 0 Å². The highest BCUT2D eigenvalue weighted by Crippen LogP contribution is 2.18. The van der Waals surface area contributed by atoms with E-state index in [0.717, 1.165) is 5.56 Å². The summed E-state index contributed by atoms with van der Waals surface area (Å²) < 4.78 is 0. The second kappa shape index (κ2) is 4.53. The van der Waals surface area contributed by atoms with Crippen LogP contribution >= 0.6 is 0 Å². The number of nitrogens with one attached hydrogen (secondary N) is 2. The van der Waals surface area contributed by atoms with Crippen LogP contribution in [0.1, 0.15) is 24.2 Å². The molecule has 86 valence electrons. The molecule has 2 rings (SSSR count).